The first-order valence-corrected chi connectivity index (χ1v) is 11.6. The van der Waals surface area contributed by atoms with Crippen LogP contribution < -0.4 is 19.1 Å². The van der Waals surface area contributed by atoms with E-state index in [9.17, 15) is 14.7 Å². The third-order valence-corrected chi connectivity index (χ3v) is 6.39. The molecule has 1 amide bonds. The van der Waals surface area contributed by atoms with Crippen molar-refractivity contribution in [2.45, 2.75) is 39.2 Å². The molecule has 8 heteroatoms. The normalized spacial score (nSPS) is 18.7. The summed E-state index contributed by atoms with van der Waals surface area (Å²) in [5.74, 6) is 0.775. The van der Waals surface area contributed by atoms with Gasteiger partial charge < -0.3 is 23.7 Å². The largest absolute Gasteiger partial charge is 0.507 e. The molecule has 1 saturated heterocycles. The van der Waals surface area contributed by atoms with Crippen LogP contribution in [0.2, 0.25) is 0 Å². The van der Waals surface area contributed by atoms with Crippen molar-refractivity contribution in [3.63, 3.8) is 0 Å². The number of benzene rings is 2. The second kappa shape index (κ2) is 8.48. The van der Waals surface area contributed by atoms with Crippen molar-refractivity contribution in [1.29, 1.82) is 0 Å². The summed E-state index contributed by atoms with van der Waals surface area (Å²) in [6.45, 7) is 7.93. The number of furan rings is 1. The number of anilines is 1. The van der Waals surface area contributed by atoms with Gasteiger partial charge in [-0.2, -0.15) is 0 Å². The number of rotatable bonds is 4. The van der Waals surface area contributed by atoms with Gasteiger partial charge in [-0.3, -0.25) is 14.5 Å². The van der Waals surface area contributed by atoms with Crippen molar-refractivity contribution in [2.75, 3.05) is 18.8 Å². The van der Waals surface area contributed by atoms with E-state index in [2.05, 4.69) is 0 Å². The molecule has 2 aliphatic rings. The third-order valence-electron chi connectivity index (χ3n) is 6.39. The number of aliphatic hydroxyl groups excluding tert-OH is 1. The molecule has 1 N–H and O–H groups in total. The topological polar surface area (TPSA) is 98.4 Å². The maximum absolute atomic E-state index is 13.4. The SMILES string of the molecule is COc1ccc(/C(O)=C2/C(=O)C(=O)N(c3ccc4c(c3)OCO4)C2c2ccc(C)o2)cc1C(C)(C)C. The summed E-state index contributed by atoms with van der Waals surface area (Å²) in [6, 6.07) is 12.7. The zero-order valence-corrected chi connectivity index (χ0v) is 20.7. The summed E-state index contributed by atoms with van der Waals surface area (Å²) in [7, 11) is 1.58. The Hall–Kier alpha value is -4.20. The molecule has 1 atom stereocenters. The molecule has 0 radical (unpaired) electrons. The maximum Gasteiger partial charge on any atom is 0.300 e. The van der Waals surface area contributed by atoms with E-state index < -0.39 is 17.7 Å². The molecule has 3 heterocycles. The number of hydrogen-bond donors (Lipinski definition) is 1. The van der Waals surface area contributed by atoms with Gasteiger partial charge in [-0.05, 0) is 54.8 Å². The summed E-state index contributed by atoms with van der Waals surface area (Å²) in [4.78, 5) is 28.1. The lowest BCUT2D eigenvalue weighted by atomic mass is 9.84. The number of hydrogen-bond acceptors (Lipinski definition) is 7. The van der Waals surface area contributed by atoms with Crippen LogP contribution in [0.1, 0.15) is 49.5 Å². The van der Waals surface area contributed by atoms with E-state index >= 15 is 0 Å². The lowest BCUT2D eigenvalue weighted by molar-refractivity contribution is -0.132. The molecule has 2 aromatic carbocycles. The van der Waals surface area contributed by atoms with E-state index in [4.69, 9.17) is 18.6 Å². The van der Waals surface area contributed by atoms with Crippen LogP contribution in [0.4, 0.5) is 5.69 Å². The Kier molecular flexibility index (Phi) is 5.54. The predicted octanol–water partition coefficient (Wildman–Crippen LogP) is 5.25. The molecular weight excluding hydrogens is 462 g/mol. The molecule has 5 rings (SSSR count). The highest BCUT2D eigenvalue weighted by Crippen LogP contribution is 2.45. The summed E-state index contributed by atoms with van der Waals surface area (Å²) >= 11 is 0. The van der Waals surface area contributed by atoms with E-state index in [-0.39, 0.29) is 23.5 Å². The van der Waals surface area contributed by atoms with E-state index in [1.54, 1.807) is 62.6 Å². The molecule has 36 heavy (non-hydrogen) atoms. The Morgan fingerprint density at radius 3 is 2.44 bits per heavy atom. The lowest BCUT2D eigenvalue weighted by Crippen LogP contribution is -2.29. The van der Waals surface area contributed by atoms with Crippen molar-refractivity contribution < 1.29 is 33.3 Å². The zero-order valence-electron chi connectivity index (χ0n) is 20.7. The number of amides is 1. The van der Waals surface area contributed by atoms with Crippen molar-refractivity contribution in [2.24, 2.45) is 0 Å². The highest BCUT2D eigenvalue weighted by Gasteiger charge is 2.48. The summed E-state index contributed by atoms with van der Waals surface area (Å²) in [5.41, 5.74) is 1.32. The fraction of sp³-hybridized carbons (Fsp3) is 0.286. The van der Waals surface area contributed by atoms with Gasteiger partial charge in [-0.1, -0.05) is 20.8 Å². The molecule has 0 aliphatic carbocycles. The van der Waals surface area contributed by atoms with Gasteiger partial charge in [0.1, 0.15) is 29.1 Å². The van der Waals surface area contributed by atoms with E-state index in [1.807, 2.05) is 20.8 Å². The van der Waals surface area contributed by atoms with E-state index in [0.29, 0.717) is 40.0 Å². The summed E-state index contributed by atoms with van der Waals surface area (Å²) < 4.78 is 22.2. The minimum absolute atomic E-state index is 0.0583. The number of carbonyl (C=O) groups is 2. The monoisotopic (exact) mass is 489 g/mol. The van der Waals surface area contributed by atoms with Crippen LogP contribution >= 0.6 is 0 Å². The molecule has 0 saturated carbocycles. The average molecular weight is 490 g/mol. The lowest BCUT2D eigenvalue weighted by Gasteiger charge is -2.24. The minimum atomic E-state index is -0.973. The number of aliphatic hydroxyl groups is 1. The van der Waals surface area contributed by atoms with Gasteiger partial charge in [0.05, 0.1) is 12.7 Å². The molecule has 0 bridgehead atoms. The Bertz CT molecular complexity index is 1410. The fourth-order valence-electron chi connectivity index (χ4n) is 4.60. The summed E-state index contributed by atoms with van der Waals surface area (Å²) in [5, 5.41) is 11.5. The molecule has 186 valence electrons. The Balaban J connectivity index is 1.70. The molecule has 1 fully saturated rings. The van der Waals surface area contributed by atoms with E-state index in [1.165, 1.54) is 4.90 Å². The van der Waals surface area contributed by atoms with E-state index in [0.717, 1.165) is 5.56 Å². The number of methoxy groups -OCH3 is 1. The quantitative estimate of drug-likeness (QED) is 0.304. The highest BCUT2D eigenvalue weighted by atomic mass is 16.7. The predicted molar refractivity (Wildman–Crippen MR) is 132 cm³/mol. The van der Waals surface area contributed by atoms with Gasteiger partial charge in [-0.15, -0.1) is 0 Å². The van der Waals surface area contributed by atoms with Crippen molar-refractivity contribution in [1.82, 2.24) is 0 Å². The van der Waals surface area contributed by atoms with Crippen molar-refractivity contribution >= 4 is 23.1 Å². The first-order valence-electron chi connectivity index (χ1n) is 11.6. The number of ether oxygens (including phenoxy) is 3. The van der Waals surface area contributed by atoms with Crippen molar-refractivity contribution in [3.05, 3.63) is 76.8 Å². The maximum atomic E-state index is 13.4. The highest BCUT2D eigenvalue weighted by molar-refractivity contribution is 6.51. The first kappa shape index (κ1) is 23.5. The van der Waals surface area contributed by atoms with Crippen molar-refractivity contribution in [3.8, 4) is 17.2 Å². The second-order valence-corrected chi connectivity index (χ2v) is 9.82. The van der Waals surface area contributed by atoms with Crippen LogP contribution in [0.15, 0.2) is 58.5 Å². The van der Waals surface area contributed by atoms with Crippen LogP contribution in [-0.4, -0.2) is 30.7 Å². The standard InChI is InChI=1S/C28H27NO7/c1-15-6-9-21(36-15)24-23(25(30)16-7-10-19(33-5)18(12-16)28(2,3)4)26(31)27(32)29(24)17-8-11-20-22(13-17)35-14-34-20/h6-13,24,30H,14H2,1-5H3/b25-23-. The fourth-order valence-corrected chi connectivity index (χ4v) is 4.60. The Morgan fingerprint density at radius 2 is 1.78 bits per heavy atom. The zero-order chi connectivity index (χ0) is 25.8. The van der Waals surface area contributed by atoms with Crippen LogP contribution in [-0.2, 0) is 15.0 Å². The van der Waals surface area contributed by atoms with Gasteiger partial charge >= 0.3 is 0 Å². The third kappa shape index (κ3) is 3.79. The smallest absolute Gasteiger partial charge is 0.300 e. The van der Waals surface area contributed by atoms with Gasteiger partial charge in [0.15, 0.2) is 11.5 Å². The second-order valence-electron chi connectivity index (χ2n) is 9.82. The molecule has 0 spiro atoms. The van der Waals surface area contributed by atoms with Crippen LogP contribution in [0.5, 0.6) is 17.2 Å². The first-order chi connectivity index (χ1) is 17.1. The molecule has 3 aromatic rings. The number of ketones is 1. The number of carbonyl (C=O) groups excluding carboxylic acids is 2. The number of nitrogens with zero attached hydrogens (tertiary/aromatic N) is 1. The summed E-state index contributed by atoms with van der Waals surface area (Å²) in [6.07, 6.45) is 0. The molecule has 1 aromatic heterocycles. The molecule has 2 aliphatic heterocycles. The Labute approximate surface area is 208 Å². The van der Waals surface area contributed by atoms with Crippen LogP contribution in [0.3, 0.4) is 0 Å². The number of fused-ring (bicyclic) bond motifs is 1. The van der Waals surface area contributed by atoms with Gasteiger partial charge in [-0.25, -0.2) is 0 Å². The number of Topliss-reactive ketones (excluding diaryl/α,β-unsaturated/α-hetero) is 1. The molecule has 8 nitrogen and oxygen atoms in total. The van der Waals surface area contributed by atoms with Crippen LogP contribution in [0.25, 0.3) is 5.76 Å². The minimum Gasteiger partial charge on any atom is -0.507 e. The van der Waals surface area contributed by atoms with Gasteiger partial charge in [0.25, 0.3) is 11.7 Å². The Morgan fingerprint density at radius 1 is 1.03 bits per heavy atom. The van der Waals surface area contributed by atoms with Crippen LogP contribution in [0, 0.1) is 6.92 Å². The van der Waals surface area contributed by atoms with Gasteiger partial charge in [0.2, 0.25) is 6.79 Å². The molecule has 1 unspecified atom stereocenters. The molecular formula is C28H27NO7. The number of aryl methyl sites for hydroxylation is 1. The van der Waals surface area contributed by atoms with Gasteiger partial charge in [0, 0.05) is 22.9 Å². The average Bonchev–Trinajstić information content (AvgIpc) is 3.55.